The molecule has 3 aromatic rings. The Balaban J connectivity index is 1.26. The van der Waals surface area contributed by atoms with Gasteiger partial charge in [-0.25, -0.2) is 4.79 Å². The van der Waals surface area contributed by atoms with Crippen LogP contribution in [-0.2, 0) is 25.6 Å². The number of anilines is 2. The van der Waals surface area contributed by atoms with Crippen LogP contribution in [0, 0.1) is 0 Å². The van der Waals surface area contributed by atoms with Crippen LogP contribution in [0.5, 0.6) is 0 Å². The second-order valence-electron chi connectivity index (χ2n) is 12.6. The van der Waals surface area contributed by atoms with Crippen LogP contribution in [0.3, 0.4) is 0 Å². The van der Waals surface area contributed by atoms with Crippen molar-refractivity contribution in [3.05, 3.63) is 94.5 Å². The van der Waals surface area contributed by atoms with Gasteiger partial charge in [0, 0.05) is 56.0 Å². The molecule has 2 unspecified atom stereocenters. The molecule has 48 heavy (non-hydrogen) atoms. The number of piperazine rings is 1. The second-order valence-corrected chi connectivity index (χ2v) is 14.1. The van der Waals surface area contributed by atoms with E-state index in [0.29, 0.717) is 55.4 Å². The van der Waals surface area contributed by atoms with E-state index in [1.165, 1.54) is 0 Å². The minimum Gasteiger partial charge on any atom is -0.444 e. The Morgan fingerprint density at radius 1 is 0.979 bits per heavy atom. The molecule has 0 aromatic heterocycles. The molecule has 3 aromatic carbocycles. The lowest BCUT2D eigenvalue weighted by atomic mass is 9.98. The fourth-order valence-electron chi connectivity index (χ4n) is 5.67. The van der Waals surface area contributed by atoms with Gasteiger partial charge in [0.25, 0.3) is 5.91 Å². The van der Waals surface area contributed by atoms with Gasteiger partial charge in [0.15, 0.2) is 10.9 Å². The van der Waals surface area contributed by atoms with Gasteiger partial charge in [-0.3, -0.25) is 9.59 Å². The van der Waals surface area contributed by atoms with E-state index < -0.39 is 34.6 Å². The van der Waals surface area contributed by atoms with E-state index in [4.69, 9.17) is 44.4 Å². The Kier molecular flexibility index (Phi) is 11.4. The van der Waals surface area contributed by atoms with Crippen LogP contribution in [0.15, 0.2) is 78.0 Å². The van der Waals surface area contributed by atoms with E-state index in [9.17, 15) is 14.4 Å². The van der Waals surface area contributed by atoms with Gasteiger partial charge in [-0.05, 0) is 56.2 Å². The van der Waals surface area contributed by atoms with Crippen LogP contribution in [-0.4, -0.2) is 71.2 Å². The van der Waals surface area contributed by atoms with Gasteiger partial charge in [0.1, 0.15) is 11.6 Å². The summed E-state index contributed by atoms with van der Waals surface area (Å²) in [5.41, 5.74) is 3.95. The molecule has 1 saturated heterocycles. The van der Waals surface area contributed by atoms with Crippen LogP contribution in [0.1, 0.15) is 50.0 Å². The molecule has 10 nitrogen and oxygen atoms in total. The first-order valence-corrected chi connectivity index (χ1v) is 16.9. The maximum atomic E-state index is 13.8. The summed E-state index contributed by atoms with van der Waals surface area (Å²) in [7, 11) is 0. The number of carbonyl (C=O) groups is 3. The lowest BCUT2D eigenvalue weighted by molar-refractivity contribution is -0.133. The SMILES string of the molecule is CC(C)(C)OC(=O)NC(Cc1ccccc1)C(=O)N1CCN(c2cccc(Cl)c2C2=NOC(c3cccc(NC(=O)C(Cl)Cl)c3)C2)CC1. The summed E-state index contributed by atoms with van der Waals surface area (Å²) in [6.45, 7) is 7.34. The number of amides is 3. The molecule has 2 aliphatic heterocycles. The summed E-state index contributed by atoms with van der Waals surface area (Å²) in [4.78, 5) is 47.1. The van der Waals surface area contributed by atoms with Crippen LogP contribution in [0.2, 0.25) is 5.02 Å². The highest BCUT2D eigenvalue weighted by atomic mass is 35.5. The van der Waals surface area contributed by atoms with Gasteiger partial charge in [0.2, 0.25) is 5.91 Å². The Hall–Kier alpha value is -3.99. The summed E-state index contributed by atoms with van der Waals surface area (Å²) in [5, 5.41) is 10.4. The van der Waals surface area contributed by atoms with Gasteiger partial charge in [0.05, 0.1) is 10.7 Å². The Bertz CT molecular complexity index is 1660. The molecule has 0 radical (unpaired) electrons. The molecule has 0 spiro atoms. The summed E-state index contributed by atoms with van der Waals surface area (Å²) in [6.07, 6.45) is -0.226. The molecule has 3 amide bonds. The van der Waals surface area contributed by atoms with Crippen molar-refractivity contribution in [2.45, 2.75) is 56.2 Å². The van der Waals surface area contributed by atoms with Crippen molar-refractivity contribution in [2.24, 2.45) is 5.16 Å². The number of alkyl carbamates (subject to hydrolysis) is 1. The van der Waals surface area contributed by atoms with E-state index in [1.807, 2.05) is 54.6 Å². The average Bonchev–Trinajstić information content (AvgIpc) is 3.54. The maximum absolute atomic E-state index is 13.8. The highest BCUT2D eigenvalue weighted by molar-refractivity contribution is 6.54. The molecule has 0 saturated carbocycles. The molecule has 0 aliphatic carbocycles. The summed E-state index contributed by atoms with van der Waals surface area (Å²) in [6, 6.07) is 21.7. The number of alkyl halides is 2. The predicted molar refractivity (Wildman–Crippen MR) is 189 cm³/mol. The van der Waals surface area contributed by atoms with Crippen molar-refractivity contribution < 1.29 is 24.0 Å². The highest BCUT2D eigenvalue weighted by Gasteiger charge is 2.33. The third kappa shape index (κ3) is 9.12. The first-order valence-electron chi connectivity index (χ1n) is 15.7. The molecule has 2 N–H and O–H groups in total. The molecule has 1 fully saturated rings. The molecule has 2 aliphatic rings. The third-order valence-electron chi connectivity index (χ3n) is 7.88. The van der Waals surface area contributed by atoms with Crippen molar-refractivity contribution in [2.75, 3.05) is 36.4 Å². The zero-order chi connectivity index (χ0) is 34.4. The fourth-order valence-corrected chi connectivity index (χ4v) is 6.05. The minimum atomic E-state index is -1.19. The first kappa shape index (κ1) is 35.3. The van der Waals surface area contributed by atoms with Gasteiger partial charge in [-0.1, -0.05) is 88.5 Å². The number of benzene rings is 3. The monoisotopic (exact) mass is 713 g/mol. The number of rotatable bonds is 9. The van der Waals surface area contributed by atoms with Gasteiger partial charge in [-0.2, -0.15) is 0 Å². The Morgan fingerprint density at radius 2 is 1.69 bits per heavy atom. The Morgan fingerprint density at radius 3 is 2.38 bits per heavy atom. The molecule has 5 rings (SSSR count). The van der Waals surface area contributed by atoms with Crippen molar-refractivity contribution in [3.63, 3.8) is 0 Å². The van der Waals surface area contributed by atoms with Crippen molar-refractivity contribution >= 4 is 69.8 Å². The molecular formula is C35H38Cl3N5O5. The quantitative estimate of drug-likeness (QED) is 0.238. The van der Waals surface area contributed by atoms with Crippen LogP contribution in [0.25, 0.3) is 0 Å². The largest absolute Gasteiger partial charge is 0.444 e. The molecular weight excluding hydrogens is 677 g/mol. The summed E-state index contributed by atoms with van der Waals surface area (Å²) >= 11 is 18.1. The number of carbonyl (C=O) groups excluding carboxylic acids is 3. The fraction of sp³-hybridized carbons (Fsp3) is 0.371. The van der Waals surface area contributed by atoms with Crippen molar-refractivity contribution in [3.8, 4) is 0 Å². The zero-order valence-electron chi connectivity index (χ0n) is 26.9. The van der Waals surface area contributed by atoms with E-state index in [-0.39, 0.29) is 5.91 Å². The van der Waals surface area contributed by atoms with Crippen molar-refractivity contribution in [1.82, 2.24) is 10.2 Å². The number of hydrogen-bond donors (Lipinski definition) is 2. The lowest BCUT2D eigenvalue weighted by Crippen LogP contribution is -2.56. The summed E-state index contributed by atoms with van der Waals surface area (Å²) < 4.78 is 5.47. The second kappa shape index (κ2) is 15.5. The highest BCUT2D eigenvalue weighted by Crippen LogP contribution is 2.37. The van der Waals surface area contributed by atoms with Gasteiger partial charge in [-0.15, -0.1) is 0 Å². The van der Waals surface area contributed by atoms with E-state index in [1.54, 1.807) is 43.9 Å². The number of nitrogens with zero attached hydrogens (tertiary/aromatic N) is 3. The molecule has 2 atom stereocenters. The average molecular weight is 715 g/mol. The Labute approximate surface area is 295 Å². The van der Waals surface area contributed by atoms with Crippen molar-refractivity contribution in [1.29, 1.82) is 0 Å². The smallest absolute Gasteiger partial charge is 0.408 e. The maximum Gasteiger partial charge on any atom is 0.408 e. The van der Waals surface area contributed by atoms with E-state index >= 15 is 0 Å². The van der Waals surface area contributed by atoms with E-state index in [0.717, 1.165) is 22.4 Å². The van der Waals surface area contributed by atoms with Gasteiger partial charge < -0.3 is 30.0 Å². The topological polar surface area (TPSA) is 113 Å². The number of hydrogen-bond acceptors (Lipinski definition) is 7. The molecule has 0 bridgehead atoms. The minimum absolute atomic E-state index is 0.168. The molecule has 254 valence electrons. The standard InChI is InChI=1S/C35H38Cl3N5O5/c1-35(2,3)47-34(46)40-27(19-22-9-5-4-6-10-22)33(45)43-17-15-42(16-18-43)28-14-8-13-25(36)30(28)26-21-29(48-41-26)23-11-7-12-24(20-23)39-32(44)31(37)38/h4-14,20,27,29,31H,15-19,21H2,1-3H3,(H,39,44)(H,40,46). The summed E-state index contributed by atoms with van der Waals surface area (Å²) in [5.74, 6) is -0.689. The van der Waals surface area contributed by atoms with E-state index in [2.05, 4.69) is 20.7 Å². The number of nitrogens with one attached hydrogen (secondary N) is 2. The number of oxime groups is 1. The normalized spacial score (nSPS) is 17.0. The lowest BCUT2D eigenvalue weighted by Gasteiger charge is -2.38. The van der Waals surface area contributed by atoms with Crippen LogP contribution >= 0.6 is 34.8 Å². The molecule has 2 heterocycles. The number of ether oxygens (including phenoxy) is 1. The molecule has 13 heteroatoms. The predicted octanol–water partition coefficient (Wildman–Crippen LogP) is 6.73. The first-order chi connectivity index (χ1) is 22.9. The van der Waals surface area contributed by atoms with Crippen LogP contribution in [0.4, 0.5) is 16.2 Å². The third-order valence-corrected chi connectivity index (χ3v) is 8.59. The zero-order valence-corrected chi connectivity index (χ0v) is 29.2. The van der Waals surface area contributed by atoms with Crippen LogP contribution < -0.4 is 15.5 Å². The number of halogens is 3. The van der Waals surface area contributed by atoms with Gasteiger partial charge >= 0.3 is 6.09 Å².